The highest BCUT2D eigenvalue weighted by Gasteiger charge is 2.29. The predicted octanol–water partition coefficient (Wildman–Crippen LogP) is 1.91. The van der Waals surface area contributed by atoms with Gasteiger partial charge in [-0.25, -0.2) is 9.78 Å². The van der Waals surface area contributed by atoms with Crippen LogP contribution < -0.4 is 10.1 Å². The lowest BCUT2D eigenvalue weighted by molar-refractivity contribution is 0.178. The zero-order valence-corrected chi connectivity index (χ0v) is 12.6. The normalized spacial score (nSPS) is 18.2. The highest BCUT2D eigenvalue weighted by Crippen LogP contribution is 2.17. The van der Waals surface area contributed by atoms with Gasteiger partial charge >= 0.3 is 6.03 Å². The molecule has 0 spiro atoms. The number of pyridine rings is 1. The highest BCUT2D eigenvalue weighted by atomic mass is 16.5. The number of nitrogens with one attached hydrogen (secondary N) is 1. The van der Waals surface area contributed by atoms with E-state index < -0.39 is 0 Å². The van der Waals surface area contributed by atoms with Crippen molar-refractivity contribution in [2.45, 2.75) is 38.8 Å². The van der Waals surface area contributed by atoms with E-state index in [-0.39, 0.29) is 17.7 Å². The molecule has 21 heavy (non-hydrogen) atoms. The number of carbonyl (C=O) groups excluding carboxylic acids is 1. The molecule has 2 heterocycles. The standard InChI is InChI=1S/C15H20N4O2/c1-15(2,3)18-14(20)19-7-5-12(10-19)21-13-8-11(9-16)4-6-17-13/h4,6,8,12H,5,7,10H2,1-3H3,(H,18,20). The van der Waals surface area contributed by atoms with Gasteiger partial charge in [-0.3, -0.25) is 0 Å². The topological polar surface area (TPSA) is 78.3 Å². The summed E-state index contributed by atoms with van der Waals surface area (Å²) in [5, 5.41) is 11.8. The van der Waals surface area contributed by atoms with Crippen LogP contribution in [0.4, 0.5) is 4.79 Å². The second kappa shape index (κ2) is 6.00. The van der Waals surface area contributed by atoms with E-state index in [4.69, 9.17) is 10.00 Å². The van der Waals surface area contributed by atoms with Crippen LogP contribution in [0.2, 0.25) is 0 Å². The Morgan fingerprint density at radius 2 is 2.33 bits per heavy atom. The van der Waals surface area contributed by atoms with Gasteiger partial charge in [0.1, 0.15) is 6.10 Å². The van der Waals surface area contributed by atoms with Gasteiger partial charge in [-0.1, -0.05) is 0 Å². The Morgan fingerprint density at radius 3 is 3.00 bits per heavy atom. The van der Waals surface area contributed by atoms with Gasteiger partial charge in [-0.05, 0) is 26.8 Å². The van der Waals surface area contributed by atoms with Crippen molar-refractivity contribution in [1.82, 2.24) is 15.2 Å². The predicted molar refractivity (Wildman–Crippen MR) is 77.8 cm³/mol. The third-order valence-corrected chi connectivity index (χ3v) is 3.07. The number of nitriles is 1. The minimum Gasteiger partial charge on any atom is -0.472 e. The van der Waals surface area contributed by atoms with Crippen LogP contribution >= 0.6 is 0 Å². The van der Waals surface area contributed by atoms with Crippen LogP contribution in [-0.4, -0.2) is 40.6 Å². The molecule has 2 rings (SSSR count). The number of amides is 2. The summed E-state index contributed by atoms with van der Waals surface area (Å²) in [6.07, 6.45) is 2.22. The number of ether oxygens (including phenoxy) is 1. The third kappa shape index (κ3) is 4.35. The molecule has 0 saturated carbocycles. The van der Waals surface area contributed by atoms with Crippen molar-refractivity contribution in [1.29, 1.82) is 5.26 Å². The maximum Gasteiger partial charge on any atom is 0.317 e. The fraction of sp³-hybridized carbons (Fsp3) is 0.533. The Kier molecular flexibility index (Phi) is 4.32. The second-order valence-electron chi connectivity index (χ2n) is 6.15. The van der Waals surface area contributed by atoms with Crippen molar-refractivity contribution in [2.75, 3.05) is 13.1 Å². The molecule has 0 aliphatic carbocycles. The molecule has 6 nitrogen and oxygen atoms in total. The number of urea groups is 1. The summed E-state index contributed by atoms with van der Waals surface area (Å²) in [7, 11) is 0. The van der Waals surface area contributed by atoms with Crippen LogP contribution in [-0.2, 0) is 0 Å². The first-order valence-corrected chi connectivity index (χ1v) is 6.97. The molecule has 112 valence electrons. The summed E-state index contributed by atoms with van der Waals surface area (Å²) in [6, 6.07) is 5.21. The quantitative estimate of drug-likeness (QED) is 0.901. The molecule has 1 saturated heterocycles. The SMILES string of the molecule is CC(C)(C)NC(=O)N1CCC(Oc2cc(C#N)ccn2)C1. The molecular weight excluding hydrogens is 268 g/mol. The van der Waals surface area contributed by atoms with E-state index in [1.807, 2.05) is 20.8 Å². The molecule has 1 aliphatic heterocycles. The minimum absolute atomic E-state index is 0.0765. The second-order valence-corrected chi connectivity index (χ2v) is 6.15. The molecule has 1 unspecified atom stereocenters. The van der Waals surface area contributed by atoms with Crippen LogP contribution in [0.3, 0.4) is 0 Å². The molecule has 0 bridgehead atoms. The zero-order chi connectivity index (χ0) is 15.5. The highest BCUT2D eigenvalue weighted by molar-refractivity contribution is 5.75. The van der Waals surface area contributed by atoms with Gasteiger partial charge in [0.05, 0.1) is 18.2 Å². The van der Waals surface area contributed by atoms with Gasteiger partial charge in [0.2, 0.25) is 5.88 Å². The number of rotatable bonds is 2. The molecule has 2 amide bonds. The molecule has 1 fully saturated rings. The summed E-state index contributed by atoms with van der Waals surface area (Å²) in [4.78, 5) is 17.9. The number of likely N-dealkylation sites (tertiary alicyclic amines) is 1. The maximum absolute atomic E-state index is 12.1. The molecule has 1 aromatic heterocycles. The van der Waals surface area contributed by atoms with Crippen molar-refractivity contribution in [3.63, 3.8) is 0 Å². The van der Waals surface area contributed by atoms with Crippen molar-refractivity contribution in [2.24, 2.45) is 0 Å². The first-order chi connectivity index (χ1) is 9.87. The zero-order valence-electron chi connectivity index (χ0n) is 12.6. The number of nitrogens with zero attached hydrogens (tertiary/aromatic N) is 3. The third-order valence-electron chi connectivity index (χ3n) is 3.07. The van der Waals surface area contributed by atoms with Crippen LogP contribution in [0, 0.1) is 11.3 Å². The number of hydrogen-bond donors (Lipinski definition) is 1. The Morgan fingerprint density at radius 1 is 1.57 bits per heavy atom. The average molecular weight is 288 g/mol. The van der Waals surface area contributed by atoms with Crippen LogP contribution in [0.25, 0.3) is 0 Å². The lowest BCUT2D eigenvalue weighted by atomic mass is 10.1. The van der Waals surface area contributed by atoms with E-state index in [2.05, 4.69) is 16.4 Å². The molecule has 1 atom stereocenters. The smallest absolute Gasteiger partial charge is 0.317 e. The van der Waals surface area contributed by atoms with E-state index in [0.29, 0.717) is 24.5 Å². The fourth-order valence-corrected chi connectivity index (χ4v) is 2.12. The number of aromatic nitrogens is 1. The molecule has 0 radical (unpaired) electrons. The monoisotopic (exact) mass is 288 g/mol. The van der Waals surface area contributed by atoms with Gasteiger partial charge in [0.15, 0.2) is 0 Å². The van der Waals surface area contributed by atoms with Crippen LogP contribution in [0.5, 0.6) is 5.88 Å². The molecule has 1 aromatic rings. The van der Waals surface area contributed by atoms with Gasteiger partial charge in [-0.15, -0.1) is 0 Å². The van der Waals surface area contributed by atoms with Gasteiger partial charge in [0.25, 0.3) is 0 Å². The molecule has 1 aliphatic rings. The fourth-order valence-electron chi connectivity index (χ4n) is 2.12. The summed E-state index contributed by atoms with van der Waals surface area (Å²) in [5.41, 5.74) is 0.263. The van der Waals surface area contributed by atoms with E-state index in [0.717, 1.165) is 6.42 Å². The van der Waals surface area contributed by atoms with Crippen LogP contribution in [0.1, 0.15) is 32.8 Å². The van der Waals surface area contributed by atoms with Crippen molar-refractivity contribution in [3.8, 4) is 11.9 Å². The van der Waals surface area contributed by atoms with Crippen molar-refractivity contribution in [3.05, 3.63) is 23.9 Å². The summed E-state index contributed by atoms with van der Waals surface area (Å²) in [6.45, 7) is 7.04. The van der Waals surface area contributed by atoms with E-state index >= 15 is 0 Å². The van der Waals surface area contributed by atoms with E-state index in [1.165, 1.54) is 0 Å². The Labute approximate surface area is 124 Å². The molecule has 6 heteroatoms. The molecular formula is C15H20N4O2. The first-order valence-electron chi connectivity index (χ1n) is 6.97. The van der Waals surface area contributed by atoms with Crippen molar-refractivity contribution < 1.29 is 9.53 Å². The van der Waals surface area contributed by atoms with Crippen molar-refractivity contribution >= 4 is 6.03 Å². The Bertz CT molecular complexity index is 560. The van der Waals surface area contributed by atoms with Crippen LogP contribution in [0.15, 0.2) is 18.3 Å². The minimum atomic E-state index is -0.251. The number of carbonyl (C=O) groups is 1. The largest absolute Gasteiger partial charge is 0.472 e. The Hall–Kier alpha value is -2.29. The number of hydrogen-bond acceptors (Lipinski definition) is 4. The average Bonchev–Trinajstić information content (AvgIpc) is 2.85. The lowest BCUT2D eigenvalue weighted by Gasteiger charge is -2.25. The van der Waals surface area contributed by atoms with Gasteiger partial charge in [0, 0.05) is 30.8 Å². The lowest BCUT2D eigenvalue weighted by Crippen LogP contribution is -2.48. The molecule has 0 aromatic carbocycles. The molecule has 1 N–H and O–H groups in total. The Balaban J connectivity index is 1.91. The van der Waals surface area contributed by atoms with Gasteiger partial charge in [-0.2, -0.15) is 5.26 Å². The van der Waals surface area contributed by atoms with E-state index in [9.17, 15) is 4.79 Å². The summed E-state index contributed by atoms with van der Waals surface area (Å²) >= 11 is 0. The summed E-state index contributed by atoms with van der Waals surface area (Å²) < 4.78 is 5.74. The summed E-state index contributed by atoms with van der Waals surface area (Å²) in [5.74, 6) is 0.428. The first kappa shape index (κ1) is 15.1. The van der Waals surface area contributed by atoms with E-state index in [1.54, 1.807) is 23.2 Å². The maximum atomic E-state index is 12.1. The van der Waals surface area contributed by atoms with Gasteiger partial charge < -0.3 is 15.0 Å².